The van der Waals surface area contributed by atoms with Crippen molar-refractivity contribution >= 4 is 35.0 Å². The smallest absolute Gasteiger partial charge is 0.355 e. The van der Waals surface area contributed by atoms with Gasteiger partial charge in [-0.05, 0) is 12.1 Å². The van der Waals surface area contributed by atoms with Crippen molar-refractivity contribution in [2.75, 3.05) is 43.2 Å². The molecule has 4 amide bonds. The number of nitrogens with zero attached hydrogens (tertiary/aromatic N) is 2. The summed E-state index contributed by atoms with van der Waals surface area (Å²) in [5.74, 6) is -10.1. The molecule has 182 valence electrons. The molecule has 0 saturated heterocycles. The van der Waals surface area contributed by atoms with Crippen LogP contribution >= 0.6 is 0 Å². The number of hydrogen-bond donors (Lipinski definition) is 2. The zero-order valence-corrected chi connectivity index (χ0v) is 17.2. The fourth-order valence-corrected chi connectivity index (χ4v) is 3.04. The first-order valence-corrected chi connectivity index (χ1v) is 9.49. The van der Waals surface area contributed by atoms with Gasteiger partial charge in [0.15, 0.2) is 6.67 Å². The van der Waals surface area contributed by atoms with Crippen LogP contribution in [0.4, 0.5) is 37.7 Å². The molecule has 2 N–H and O–H groups in total. The standard InChI is InChI=1S/C19H20F6N4O4/c1-28-12-4-2-3-5-13(12)29(16(32)7-20)9-11(17(28)33)8-26-14(30)6-15(31)27-10-18(21,22)19(23,24)25/h2-5,11H,6-10H2,1H3,(H,26,30)(H,27,31)/t11-/m0/s1. The SMILES string of the molecule is CN1C(=O)[C@@H](CNC(=O)CC(=O)NCC(F)(F)C(F)(F)F)CN(C(=O)CF)c2ccccc21. The molecule has 0 bridgehead atoms. The maximum Gasteiger partial charge on any atom is 0.455 e. The Bertz CT molecular complexity index is 924. The van der Waals surface area contributed by atoms with Crippen LogP contribution in [-0.2, 0) is 19.2 Å². The van der Waals surface area contributed by atoms with Crippen LogP contribution in [0.1, 0.15) is 6.42 Å². The molecule has 2 rings (SSSR count). The molecular weight excluding hydrogens is 462 g/mol. The number of para-hydroxylation sites is 2. The first-order valence-electron chi connectivity index (χ1n) is 9.49. The third-order valence-corrected chi connectivity index (χ3v) is 4.82. The second-order valence-corrected chi connectivity index (χ2v) is 7.18. The van der Waals surface area contributed by atoms with E-state index >= 15 is 0 Å². The molecule has 0 aliphatic carbocycles. The number of benzene rings is 1. The van der Waals surface area contributed by atoms with Gasteiger partial charge >= 0.3 is 12.1 Å². The Hall–Kier alpha value is -3.32. The molecule has 1 atom stereocenters. The number of rotatable bonds is 7. The average Bonchev–Trinajstić information content (AvgIpc) is 2.85. The number of nitrogens with one attached hydrogen (secondary N) is 2. The highest BCUT2D eigenvalue weighted by molar-refractivity contribution is 6.06. The lowest BCUT2D eigenvalue weighted by Gasteiger charge is -2.23. The second kappa shape index (κ2) is 10.1. The first kappa shape index (κ1) is 25.9. The second-order valence-electron chi connectivity index (χ2n) is 7.18. The lowest BCUT2D eigenvalue weighted by atomic mass is 10.1. The summed E-state index contributed by atoms with van der Waals surface area (Å²) in [5.41, 5.74) is 0.595. The molecular formula is C19H20F6N4O4. The molecule has 1 aromatic carbocycles. The van der Waals surface area contributed by atoms with Crippen molar-refractivity contribution < 1.29 is 45.5 Å². The van der Waals surface area contributed by atoms with Crippen molar-refractivity contribution in [1.82, 2.24) is 10.6 Å². The fraction of sp³-hybridized carbons (Fsp3) is 0.474. The van der Waals surface area contributed by atoms with E-state index in [0.717, 1.165) is 4.90 Å². The zero-order chi connectivity index (χ0) is 25.0. The van der Waals surface area contributed by atoms with Gasteiger partial charge in [0, 0.05) is 20.1 Å². The molecule has 1 aliphatic rings. The van der Waals surface area contributed by atoms with Gasteiger partial charge < -0.3 is 20.4 Å². The molecule has 33 heavy (non-hydrogen) atoms. The van der Waals surface area contributed by atoms with Crippen molar-refractivity contribution in [1.29, 1.82) is 0 Å². The van der Waals surface area contributed by atoms with Crippen molar-refractivity contribution in [3.8, 4) is 0 Å². The minimum Gasteiger partial charge on any atom is -0.355 e. The largest absolute Gasteiger partial charge is 0.455 e. The third-order valence-electron chi connectivity index (χ3n) is 4.82. The normalized spacial score (nSPS) is 16.7. The summed E-state index contributed by atoms with van der Waals surface area (Å²) in [7, 11) is 1.41. The van der Waals surface area contributed by atoms with Crippen molar-refractivity contribution in [2.45, 2.75) is 18.5 Å². The van der Waals surface area contributed by atoms with Crippen molar-refractivity contribution in [2.24, 2.45) is 5.92 Å². The zero-order valence-electron chi connectivity index (χ0n) is 17.2. The van der Waals surface area contributed by atoms with Crippen LogP contribution in [0.2, 0.25) is 0 Å². The maximum atomic E-state index is 13.1. The lowest BCUT2D eigenvalue weighted by Crippen LogP contribution is -2.48. The molecule has 0 spiro atoms. The molecule has 1 heterocycles. The molecule has 0 fully saturated rings. The monoisotopic (exact) mass is 482 g/mol. The Morgan fingerprint density at radius 1 is 1.03 bits per heavy atom. The number of hydrogen-bond acceptors (Lipinski definition) is 4. The summed E-state index contributed by atoms with van der Waals surface area (Å²) in [6, 6.07) is 6.23. The Kier molecular flexibility index (Phi) is 7.93. The van der Waals surface area contributed by atoms with Crippen LogP contribution in [-0.4, -0.2) is 69.1 Å². The summed E-state index contributed by atoms with van der Waals surface area (Å²) < 4.78 is 75.1. The predicted molar refractivity (Wildman–Crippen MR) is 103 cm³/mol. The maximum absolute atomic E-state index is 13.1. The first-order chi connectivity index (χ1) is 15.3. The van der Waals surface area contributed by atoms with Gasteiger partial charge in [0.25, 0.3) is 5.91 Å². The van der Waals surface area contributed by atoms with E-state index in [1.54, 1.807) is 12.1 Å². The molecule has 0 saturated carbocycles. The minimum absolute atomic E-state index is 0.273. The topological polar surface area (TPSA) is 98.8 Å². The molecule has 0 aromatic heterocycles. The van der Waals surface area contributed by atoms with Gasteiger partial charge in [-0.15, -0.1) is 0 Å². The highest BCUT2D eigenvalue weighted by atomic mass is 19.4. The van der Waals surface area contributed by atoms with E-state index in [0.29, 0.717) is 5.69 Å². The Labute approximate surface area is 183 Å². The van der Waals surface area contributed by atoms with E-state index in [1.165, 1.54) is 29.4 Å². The summed E-state index contributed by atoms with van der Waals surface area (Å²) in [4.78, 5) is 50.6. The highest BCUT2D eigenvalue weighted by Gasteiger charge is 2.57. The Morgan fingerprint density at radius 2 is 1.61 bits per heavy atom. The number of alkyl halides is 6. The Morgan fingerprint density at radius 3 is 2.18 bits per heavy atom. The summed E-state index contributed by atoms with van der Waals surface area (Å²) >= 11 is 0. The molecule has 14 heteroatoms. The third kappa shape index (κ3) is 6.14. The molecule has 0 unspecified atom stereocenters. The molecule has 1 aromatic rings. The van der Waals surface area contributed by atoms with Crippen LogP contribution in [0.25, 0.3) is 0 Å². The van der Waals surface area contributed by atoms with Crippen LogP contribution in [0.3, 0.4) is 0 Å². The van der Waals surface area contributed by atoms with E-state index in [9.17, 15) is 45.5 Å². The highest BCUT2D eigenvalue weighted by Crippen LogP contribution is 2.35. The summed E-state index contributed by atoms with van der Waals surface area (Å²) in [6.45, 7) is -4.08. The van der Waals surface area contributed by atoms with Gasteiger partial charge in [0.2, 0.25) is 17.7 Å². The fourth-order valence-electron chi connectivity index (χ4n) is 3.04. The summed E-state index contributed by atoms with van der Waals surface area (Å²) in [5, 5.41) is 3.53. The van der Waals surface area contributed by atoms with E-state index in [-0.39, 0.29) is 12.2 Å². The van der Waals surface area contributed by atoms with Gasteiger partial charge in [-0.25, -0.2) is 4.39 Å². The van der Waals surface area contributed by atoms with Gasteiger partial charge in [-0.2, -0.15) is 22.0 Å². The number of halogens is 6. The number of anilines is 2. The lowest BCUT2D eigenvalue weighted by molar-refractivity contribution is -0.278. The van der Waals surface area contributed by atoms with Gasteiger partial charge in [-0.3, -0.25) is 19.2 Å². The Balaban J connectivity index is 2.01. The van der Waals surface area contributed by atoms with Gasteiger partial charge in [0.1, 0.15) is 6.42 Å². The van der Waals surface area contributed by atoms with Crippen molar-refractivity contribution in [3.63, 3.8) is 0 Å². The molecule has 0 radical (unpaired) electrons. The van der Waals surface area contributed by atoms with Crippen LogP contribution in [0.5, 0.6) is 0 Å². The van der Waals surface area contributed by atoms with Gasteiger partial charge in [0.05, 0.1) is 23.8 Å². The van der Waals surface area contributed by atoms with Crippen LogP contribution in [0, 0.1) is 5.92 Å². The number of carbonyl (C=O) groups is 4. The number of amides is 4. The van der Waals surface area contributed by atoms with E-state index in [4.69, 9.17) is 0 Å². The van der Waals surface area contributed by atoms with Crippen LogP contribution < -0.4 is 20.4 Å². The predicted octanol–water partition coefficient (Wildman–Crippen LogP) is 1.40. The van der Waals surface area contributed by atoms with Gasteiger partial charge in [-0.1, -0.05) is 12.1 Å². The average molecular weight is 482 g/mol. The summed E-state index contributed by atoms with van der Waals surface area (Å²) in [6.07, 6.45) is -6.94. The minimum atomic E-state index is -5.87. The number of fused-ring (bicyclic) bond motifs is 1. The van der Waals surface area contributed by atoms with Crippen LogP contribution in [0.15, 0.2) is 24.3 Å². The number of carbonyl (C=O) groups excluding carboxylic acids is 4. The van der Waals surface area contributed by atoms with Crippen molar-refractivity contribution in [3.05, 3.63) is 24.3 Å². The quantitative estimate of drug-likeness (QED) is 0.454. The molecule has 1 aliphatic heterocycles. The van der Waals surface area contributed by atoms with E-state index in [1.807, 2.05) is 0 Å². The molecule has 8 nitrogen and oxygen atoms in total. The van der Waals surface area contributed by atoms with E-state index in [2.05, 4.69) is 5.32 Å². The van der Waals surface area contributed by atoms with E-state index < -0.39 is 67.8 Å².